The van der Waals surface area contributed by atoms with Gasteiger partial charge in [0.25, 0.3) is 0 Å². The van der Waals surface area contributed by atoms with E-state index in [9.17, 15) is 23.9 Å². The second-order valence-corrected chi connectivity index (χ2v) is 13.6. The van der Waals surface area contributed by atoms with Crippen molar-refractivity contribution in [3.8, 4) is 17.0 Å². The Morgan fingerprint density at radius 1 is 1.19 bits per heavy atom. The quantitative estimate of drug-likeness (QED) is 0.178. The first-order chi connectivity index (χ1) is 22.3. The normalized spacial score (nSPS) is 19.6. The van der Waals surface area contributed by atoms with Crippen molar-refractivity contribution in [1.29, 1.82) is 0 Å². The molecule has 250 valence electrons. The van der Waals surface area contributed by atoms with Gasteiger partial charge in [-0.2, -0.15) is 0 Å². The number of halogens is 1. The molecule has 2 aliphatic rings. The van der Waals surface area contributed by atoms with Crippen LogP contribution in [0, 0.1) is 12.7 Å². The van der Waals surface area contributed by atoms with Gasteiger partial charge >= 0.3 is 12.1 Å². The SMILES string of the molecule is C=CCCCCC[C@H](NC(=O)OC(C)(C)C)C(=O)N1C[C@@]2(CCc3c(c(-c4cccc(F)c4C)nc4ccccc34)O2)C[C@H]1C(=O)O. The van der Waals surface area contributed by atoms with E-state index < -0.39 is 41.3 Å². The van der Waals surface area contributed by atoms with Crippen molar-refractivity contribution in [1.82, 2.24) is 15.2 Å². The lowest BCUT2D eigenvalue weighted by molar-refractivity contribution is -0.149. The molecule has 3 atom stereocenters. The molecule has 0 unspecified atom stereocenters. The van der Waals surface area contributed by atoms with E-state index >= 15 is 0 Å². The second kappa shape index (κ2) is 13.7. The highest BCUT2D eigenvalue weighted by Crippen LogP contribution is 2.47. The van der Waals surface area contributed by atoms with Crippen LogP contribution in [-0.2, 0) is 20.7 Å². The third kappa shape index (κ3) is 7.42. The Bertz CT molecular complexity index is 1680. The number of benzene rings is 2. The highest BCUT2D eigenvalue weighted by molar-refractivity contribution is 5.91. The highest BCUT2D eigenvalue weighted by Gasteiger charge is 2.53. The molecular formula is C37H44FN3O6. The summed E-state index contributed by atoms with van der Waals surface area (Å²) in [6, 6.07) is 10.4. The first-order valence-electron chi connectivity index (χ1n) is 16.3. The number of carboxylic acid groups (broad SMARTS) is 1. The van der Waals surface area contributed by atoms with Crippen molar-refractivity contribution in [3.05, 3.63) is 72.1 Å². The van der Waals surface area contributed by atoms with Crippen molar-refractivity contribution in [2.75, 3.05) is 6.54 Å². The molecule has 5 rings (SSSR count). The van der Waals surface area contributed by atoms with Crippen molar-refractivity contribution in [2.24, 2.45) is 0 Å². The third-order valence-electron chi connectivity index (χ3n) is 8.98. The Kier molecular flexibility index (Phi) is 9.89. The predicted molar refractivity (Wildman–Crippen MR) is 178 cm³/mol. The van der Waals surface area contributed by atoms with Gasteiger partial charge in [-0.05, 0) is 77.5 Å². The van der Waals surface area contributed by atoms with E-state index in [-0.39, 0.29) is 18.8 Å². The molecule has 0 aliphatic carbocycles. The number of aromatic nitrogens is 1. The molecule has 0 bridgehead atoms. The van der Waals surface area contributed by atoms with E-state index in [0.717, 1.165) is 35.7 Å². The van der Waals surface area contributed by atoms with Crippen molar-refractivity contribution < 1.29 is 33.4 Å². The Balaban J connectivity index is 1.48. The lowest BCUT2D eigenvalue weighted by Crippen LogP contribution is -2.53. The molecular weight excluding hydrogens is 601 g/mol. The minimum Gasteiger partial charge on any atom is -0.483 e. The molecule has 2 amide bonds. The second-order valence-electron chi connectivity index (χ2n) is 13.6. The van der Waals surface area contributed by atoms with Crippen LogP contribution in [0.4, 0.5) is 9.18 Å². The van der Waals surface area contributed by atoms with Crippen LogP contribution >= 0.6 is 0 Å². The number of likely N-dealkylation sites (tertiary alicyclic amines) is 1. The first-order valence-corrected chi connectivity index (χ1v) is 16.3. The third-order valence-corrected chi connectivity index (χ3v) is 8.98. The van der Waals surface area contributed by atoms with E-state index in [4.69, 9.17) is 14.5 Å². The van der Waals surface area contributed by atoms with E-state index in [1.54, 1.807) is 39.8 Å². The Morgan fingerprint density at radius 2 is 1.96 bits per heavy atom. The van der Waals surface area contributed by atoms with Crippen molar-refractivity contribution in [2.45, 2.75) is 102 Å². The fourth-order valence-electron chi connectivity index (χ4n) is 6.66. The van der Waals surface area contributed by atoms with Gasteiger partial charge in [0.2, 0.25) is 5.91 Å². The van der Waals surface area contributed by atoms with Gasteiger partial charge in [0.05, 0.1) is 12.1 Å². The number of aryl methyl sites for hydroxylation is 1. The van der Waals surface area contributed by atoms with Crippen LogP contribution in [0.3, 0.4) is 0 Å². The van der Waals surface area contributed by atoms with Crippen molar-refractivity contribution in [3.63, 3.8) is 0 Å². The molecule has 3 aromatic rings. The van der Waals surface area contributed by atoms with Crippen LogP contribution in [0.1, 0.15) is 76.8 Å². The molecule has 0 radical (unpaired) electrons. The maximum atomic E-state index is 14.8. The number of fused-ring (bicyclic) bond motifs is 3. The molecule has 1 fully saturated rings. The van der Waals surface area contributed by atoms with Crippen LogP contribution in [0.25, 0.3) is 22.2 Å². The number of hydrogen-bond donors (Lipinski definition) is 2. The zero-order chi connectivity index (χ0) is 33.9. The minimum atomic E-state index is -1.17. The van der Waals surface area contributed by atoms with Crippen molar-refractivity contribution >= 4 is 28.9 Å². The number of amides is 2. The molecule has 1 aromatic heterocycles. The van der Waals surface area contributed by atoms with E-state index in [1.165, 1.54) is 11.0 Å². The fraction of sp³-hybridized carbons (Fsp3) is 0.459. The minimum absolute atomic E-state index is 0.0135. The fourth-order valence-corrected chi connectivity index (χ4v) is 6.66. The maximum Gasteiger partial charge on any atom is 0.408 e. The van der Waals surface area contributed by atoms with Gasteiger partial charge < -0.3 is 24.8 Å². The predicted octanol–water partition coefficient (Wildman–Crippen LogP) is 7.13. The zero-order valence-corrected chi connectivity index (χ0v) is 27.6. The van der Waals surface area contributed by atoms with Crippen LogP contribution in [0.15, 0.2) is 55.1 Å². The average molecular weight is 646 g/mol. The number of para-hydroxylation sites is 1. The van der Waals surface area contributed by atoms with Gasteiger partial charge in [0.1, 0.15) is 40.5 Å². The number of carboxylic acids is 1. The van der Waals surface area contributed by atoms with Crippen LogP contribution < -0.4 is 10.1 Å². The summed E-state index contributed by atoms with van der Waals surface area (Å²) < 4.78 is 27.0. The molecule has 0 saturated carbocycles. The number of allylic oxidation sites excluding steroid dienone is 1. The summed E-state index contributed by atoms with van der Waals surface area (Å²) in [6.45, 7) is 10.7. The number of hydrogen-bond acceptors (Lipinski definition) is 6. The summed E-state index contributed by atoms with van der Waals surface area (Å²) in [4.78, 5) is 45.9. The van der Waals surface area contributed by atoms with Gasteiger partial charge in [0.15, 0.2) is 0 Å². The number of nitrogens with one attached hydrogen (secondary N) is 1. The van der Waals surface area contributed by atoms with Crippen LogP contribution in [0.5, 0.6) is 5.75 Å². The standard InChI is InChI=1S/C37H44FN3O6/c1-6-7-8-9-10-18-29(40-35(45)47-36(3,4)5)33(42)41-22-37(21-30(41)34(43)44)20-19-26-25-14-11-12-17-28(25)39-31(32(26)46-37)24-15-13-16-27(38)23(24)2/h6,11-17,29-30H,1,7-10,18-22H2,2-5H3,(H,40,45)(H,43,44)/t29-,30-,37+/m0/s1. The van der Waals surface area contributed by atoms with E-state index in [2.05, 4.69) is 11.9 Å². The van der Waals surface area contributed by atoms with E-state index in [1.807, 2.05) is 30.3 Å². The number of aliphatic carboxylic acids is 1. The number of alkyl carbamates (subject to hydrolysis) is 1. The van der Waals surface area contributed by atoms with E-state index in [0.29, 0.717) is 48.3 Å². The number of ether oxygens (including phenoxy) is 2. The lowest BCUT2D eigenvalue weighted by atomic mass is 9.86. The Morgan fingerprint density at radius 3 is 2.68 bits per heavy atom. The maximum absolute atomic E-state index is 14.8. The average Bonchev–Trinajstić information content (AvgIpc) is 3.39. The Hall–Kier alpha value is -4.47. The van der Waals surface area contributed by atoms with Gasteiger partial charge in [0, 0.05) is 22.9 Å². The largest absolute Gasteiger partial charge is 0.483 e. The number of pyridine rings is 1. The molecule has 2 aliphatic heterocycles. The molecule has 2 N–H and O–H groups in total. The molecule has 1 spiro atoms. The summed E-state index contributed by atoms with van der Waals surface area (Å²) >= 11 is 0. The number of rotatable bonds is 10. The summed E-state index contributed by atoms with van der Waals surface area (Å²) in [6.07, 6.45) is 5.71. The smallest absolute Gasteiger partial charge is 0.408 e. The van der Waals surface area contributed by atoms with Gasteiger partial charge in [-0.3, -0.25) is 4.79 Å². The number of carbonyl (C=O) groups is 3. The zero-order valence-electron chi connectivity index (χ0n) is 27.6. The van der Waals surface area contributed by atoms with Gasteiger partial charge in [-0.25, -0.2) is 19.0 Å². The highest BCUT2D eigenvalue weighted by atomic mass is 19.1. The number of unbranched alkanes of at least 4 members (excludes halogenated alkanes) is 3. The van der Waals surface area contributed by atoms with Gasteiger partial charge in [-0.1, -0.05) is 49.2 Å². The molecule has 1 saturated heterocycles. The molecule has 3 heterocycles. The van der Waals surface area contributed by atoms with Crippen LogP contribution in [0.2, 0.25) is 0 Å². The summed E-state index contributed by atoms with van der Waals surface area (Å²) in [5, 5.41) is 14.0. The van der Waals surface area contributed by atoms with Crippen LogP contribution in [-0.4, -0.2) is 62.8 Å². The molecule has 10 heteroatoms. The molecule has 47 heavy (non-hydrogen) atoms. The number of carbonyl (C=O) groups excluding carboxylic acids is 2. The lowest BCUT2D eigenvalue weighted by Gasteiger charge is -2.37. The summed E-state index contributed by atoms with van der Waals surface area (Å²) in [5.41, 5.74) is 1.37. The number of nitrogens with zero attached hydrogens (tertiary/aromatic N) is 2. The summed E-state index contributed by atoms with van der Waals surface area (Å²) in [5.74, 6) is -1.53. The summed E-state index contributed by atoms with van der Waals surface area (Å²) in [7, 11) is 0. The molecule has 2 aromatic carbocycles. The Labute approximate surface area is 275 Å². The van der Waals surface area contributed by atoms with Gasteiger partial charge in [-0.15, -0.1) is 6.58 Å². The topological polar surface area (TPSA) is 118 Å². The monoisotopic (exact) mass is 645 g/mol. The first kappa shape index (κ1) is 33.9. The molecule has 9 nitrogen and oxygen atoms in total.